The molecular formula is C49H44N2O6. The Hall–Kier alpha value is -6.28. The number of anilines is 2. The van der Waals surface area contributed by atoms with Gasteiger partial charge in [-0.3, -0.25) is 29.0 Å². The largest absolute Gasteiger partial charge is 0.457 e. The first kappa shape index (κ1) is 36.4. The second kappa shape index (κ2) is 14.7. The minimum absolute atomic E-state index is 0.0567. The van der Waals surface area contributed by atoms with Crippen molar-refractivity contribution in [3.8, 4) is 34.1 Å². The summed E-state index contributed by atoms with van der Waals surface area (Å²) in [4.78, 5) is 56.6. The Labute approximate surface area is 332 Å². The lowest BCUT2D eigenvalue weighted by atomic mass is 9.80. The lowest BCUT2D eigenvalue weighted by Crippen LogP contribution is -2.33. The number of fused-ring (bicyclic) bond motifs is 6. The maximum Gasteiger partial charge on any atom is 0.238 e. The van der Waals surface area contributed by atoms with Crippen LogP contribution in [0.1, 0.15) is 32.6 Å². The van der Waals surface area contributed by atoms with Crippen molar-refractivity contribution < 1.29 is 28.7 Å². The number of hydrogen-bond donors (Lipinski definition) is 0. The molecule has 5 aliphatic rings. The van der Waals surface area contributed by atoms with Crippen LogP contribution in [0.2, 0.25) is 0 Å². The molecule has 8 unspecified atom stereocenters. The van der Waals surface area contributed by atoms with E-state index in [1.165, 1.54) is 15.4 Å². The van der Waals surface area contributed by atoms with Gasteiger partial charge >= 0.3 is 0 Å². The number of hydrogen-bond acceptors (Lipinski definition) is 6. The van der Waals surface area contributed by atoms with Gasteiger partial charge in [-0.1, -0.05) is 67.1 Å². The highest BCUT2D eigenvalue weighted by atomic mass is 16.5. The van der Waals surface area contributed by atoms with Crippen molar-refractivity contribution >= 4 is 35.0 Å². The lowest BCUT2D eigenvalue weighted by molar-refractivity contribution is -0.124. The monoisotopic (exact) mass is 756 g/mol. The van der Waals surface area contributed by atoms with Gasteiger partial charge in [-0.2, -0.15) is 0 Å². The van der Waals surface area contributed by atoms with Gasteiger partial charge in [0.25, 0.3) is 0 Å². The molecule has 4 aromatic rings. The summed E-state index contributed by atoms with van der Waals surface area (Å²) >= 11 is 0. The molecule has 2 heterocycles. The average Bonchev–Trinajstić information content (AvgIpc) is 4.01. The van der Waals surface area contributed by atoms with Crippen LogP contribution in [0.5, 0.6) is 23.0 Å². The van der Waals surface area contributed by atoms with Crippen molar-refractivity contribution in [3.05, 3.63) is 146 Å². The number of allylic oxidation sites excluding steroid dienone is 6. The van der Waals surface area contributed by atoms with Crippen LogP contribution in [0.15, 0.2) is 146 Å². The number of benzene rings is 4. The van der Waals surface area contributed by atoms with Gasteiger partial charge in [-0.15, -0.1) is 13.2 Å². The summed E-state index contributed by atoms with van der Waals surface area (Å²) in [6.07, 6.45) is 13.3. The first-order chi connectivity index (χ1) is 27.7. The van der Waals surface area contributed by atoms with Gasteiger partial charge in [0.05, 0.1) is 35.0 Å². The summed E-state index contributed by atoms with van der Waals surface area (Å²) in [5.41, 5.74) is 4.39. The van der Waals surface area contributed by atoms with Gasteiger partial charge in [0.2, 0.25) is 23.6 Å². The SMILES string of the molecule is C=CC/C=C/C1CC(C)C2C(=O)N(c3ccc(Oc4ccc(-c5ccc(Oc6ccc(N7C(=O)C8C9C=C(CC=C)C(C9)C8C7=O)cc6)cc5)cc4)cc3)C(=O)C12. The smallest absolute Gasteiger partial charge is 0.238 e. The minimum atomic E-state index is -0.322. The number of imide groups is 2. The molecule has 3 aliphatic carbocycles. The molecule has 4 fully saturated rings. The number of rotatable bonds is 12. The van der Waals surface area contributed by atoms with Crippen molar-refractivity contribution in [2.75, 3.05) is 9.80 Å². The number of amides is 4. The second-order valence-corrected chi connectivity index (χ2v) is 15.9. The number of carbonyl (C=O) groups excluding carboxylic acids is 4. The quantitative estimate of drug-likeness (QED) is 0.106. The van der Waals surface area contributed by atoms with Crippen molar-refractivity contribution in [2.24, 2.45) is 47.3 Å². The van der Waals surface area contributed by atoms with Crippen molar-refractivity contribution in [2.45, 2.75) is 32.6 Å². The van der Waals surface area contributed by atoms with Crippen LogP contribution >= 0.6 is 0 Å². The first-order valence-corrected chi connectivity index (χ1v) is 19.8. The maximum absolute atomic E-state index is 13.5. The molecule has 57 heavy (non-hydrogen) atoms. The topological polar surface area (TPSA) is 93.2 Å². The minimum Gasteiger partial charge on any atom is -0.457 e. The summed E-state index contributed by atoms with van der Waals surface area (Å²) in [7, 11) is 0. The van der Waals surface area contributed by atoms with E-state index in [-0.39, 0.29) is 71.0 Å². The van der Waals surface area contributed by atoms with Crippen LogP contribution < -0.4 is 19.3 Å². The van der Waals surface area contributed by atoms with Crippen LogP contribution in [0.4, 0.5) is 11.4 Å². The number of carbonyl (C=O) groups is 4. The Morgan fingerprint density at radius 2 is 1.07 bits per heavy atom. The van der Waals surface area contributed by atoms with Crippen molar-refractivity contribution in [1.29, 1.82) is 0 Å². The molecule has 0 radical (unpaired) electrons. The normalized spacial score (nSPS) is 27.3. The van der Waals surface area contributed by atoms with E-state index in [1.54, 1.807) is 48.5 Å². The van der Waals surface area contributed by atoms with E-state index in [9.17, 15) is 19.2 Å². The van der Waals surface area contributed by atoms with Crippen LogP contribution in [-0.4, -0.2) is 23.6 Å². The number of nitrogens with zero attached hydrogens (tertiary/aromatic N) is 2. The maximum atomic E-state index is 13.5. The van der Waals surface area contributed by atoms with Crippen molar-refractivity contribution in [3.63, 3.8) is 0 Å². The zero-order valence-electron chi connectivity index (χ0n) is 31.8. The highest BCUT2D eigenvalue weighted by Gasteiger charge is 2.61. The van der Waals surface area contributed by atoms with E-state index in [0.717, 1.165) is 36.8 Å². The van der Waals surface area contributed by atoms with Crippen LogP contribution in [-0.2, 0) is 19.2 Å². The third-order valence-corrected chi connectivity index (χ3v) is 12.6. The molecule has 0 N–H and O–H groups in total. The highest BCUT2D eigenvalue weighted by Crippen LogP contribution is 2.57. The summed E-state index contributed by atoms with van der Waals surface area (Å²) in [6, 6.07) is 29.8. The summed E-state index contributed by atoms with van der Waals surface area (Å²) < 4.78 is 12.2. The fourth-order valence-corrected chi connectivity index (χ4v) is 10.1. The van der Waals surface area contributed by atoms with Gasteiger partial charge in [0.15, 0.2) is 0 Å². The first-order valence-electron chi connectivity index (χ1n) is 19.8. The van der Waals surface area contributed by atoms with E-state index in [2.05, 4.69) is 32.2 Å². The molecule has 2 bridgehead atoms. The van der Waals surface area contributed by atoms with E-state index in [1.807, 2.05) is 66.8 Å². The van der Waals surface area contributed by atoms with E-state index in [0.29, 0.717) is 34.4 Å². The standard InChI is InChI=1S/C49H44N2O6/c1-4-6-7-9-33-26-29(3)42-43(33)47(53)50(46(42)52)35-14-22-39(23-15-35)56-37-18-10-30(11-19-37)31-12-20-38(21-13-31)57-40-24-16-36(17-25-40)51-48(54)44-34-27-32(8-5-2)41(28-34)45(44)49(51)55/h4-5,7,9-25,27,29,33-34,41-45H,1-2,6,8,26,28H2,3H3/b9-7+. The predicted molar refractivity (Wildman–Crippen MR) is 220 cm³/mol. The number of ether oxygens (including phenoxy) is 2. The molecule has 4 aromatic carbocycles. The molecule has 8 nitrogen and oxygen atoms in total. The molecule has 286 valence electrons. The zero-order chi connectivity index (χ0) is 39.4. The van der Waals surface area contributed by atoms with Gasteiger partial charge in [-0.05, 0) is 133 Å². The van der Waals surface area contributed by atoms with Gasteiger partial charge in [0.1, 0.15) is 23.0 Å². The molecule has 0 aromatic heterocycles. The summed E-state index contributed by atoms with van der Waals surface area (Å²) in [6.45, 7) is 9.68. The Morgan fingerprint density at radius 3 is 1.58 bits per heavy atom. The molecular weight excluding hydrogens is 713 g/mol. The molecule has 2 saturated carbocycles. The summed E-state index contributed by atoms with van der Waals surface area (Å²) in [5, 5.41) is 0. The van der Waals surface area contributed by atoms with Crippen LogP contribution in [0.25, 0.3) is 11.1 Å². The lowest BCUT2D eigenvalue weighted by Gasteiger charge is -2.21. The van der Waals surface area contributed by atoms with E-state index >= 15 is 0 Å². The molecule has 2 saturated heterocycles. The molecule has 9 rings (SSSR count). The molecule has 8 atom stereocenters. The van der Waals surface area contributed by atoms with Gasteiger partial charge < -0.3 is 9.47 Å². The molecule has 2 aliphatic heterocycles. The average molecular weight is 757 g/mol. The molecule has 8 heteroatoms. The Bertz CT molecular complexity index is 2320. The summed E-state index contributed by atoms with van der Waals surface area (Å²) in [5.74, 6) is 1.41. The van der Waals surface area contributed by atoms with Crippen LogP contribution in [0, 0.1) is 47.3 Å². The third kappa shape index (κ3) is 6.33. The van der Waals surface area contributed by atoms with Gasteiger partial charge in [0, 0.05) is 0 Å². The Morgan fingerprint density at radius 1 is 0.596 bits per heavy atom. The molecule has 4 amide bonds. The highest BCUT2D eigenvalue weighted by molar-refractivity contribution is 6.23. The predicted octanol–water partition coefficient (Wildman–Crippen LogP) is 10.1. The van der Waals surface area contributed by atoms with E-state index < -0.39 is 0 Å². The Balaban J connectivity index is 0.800. The van der Waals surface area contributed by atoms with Crippen LogP contribution in [0.3, 0.4) is 0 Å². The van der Waals surface area contributed by atoms with Gasteiger partial charge in [-0.25, -0.2) is 0 Å². The second-order valence-electron chi connectivity index (χ2n) is 15.9. The third-order valence-electron chi connectivity index (χ3n) is 12.6. The fraction of sp³-hybridized carbons (Fsp3) is 0.265. The molecule has 0 spiro atoms. The fourth-order valence-electron chi connectivity index (χ4n) is 10.1. The zero-order valence-corrected chi connectivity index (χ0v) is 31.8. The van der Waals surface area contributed by atoms with E-state index in [4.69, 9.17) is 9.47 Å². The Kier molecular flexibility index (Phi) is 9.35. The van der Waals surface area contributed by atoms with Crippen molar-refractivity contribution in [1.82, 2.24) is 0 Å².